The number of aryl methyl sites for hydroxylation is 2. The monoisotopic (exact) mass is 430 g/mol. The number of hydrogen-bond acceptors (Lipinski definition) is 5. The Morgan fingerprint density at radius 1 is 1.00 bits per heavy atom. The fourth-order valence-corrected chi connectivity index (χ4v) is 3.32. The van der Waals surface area contributed by atoms with Crippen LogP contribution in [-0.4, -0.2) is 28.9 Å². The summed E-state index contributed by atoms with van der Waals surface area (Å²) in [7, 11) is 0. The van der Waals surface area contributed by atoms with Gasteiger partial charge in [0.15, 0.2) is 0 Å². The van der Waals surface area contributed by atoms with Gasteiger partial charge in [-0.25, -0.2) is 14.5 Å². The number of rotatable bonds is 4. The molecule has 0 atom stereocenters. The number of aromatic carboxylic acids is 1. The van der Waals surface area contributed by atoms with E-state index in [1.807, 2.05) is 13.8 Å². The molecule has 2 N–H and O–H groups in total. The van der Waals surface area contributed by atoms with E-state index < -0.39 is 23.8 Å². The second-order valence-electron chi connectivity index (χ2n) is 7.33. The molecule has 160 valence electrons. The van der Waals surface area contributed by atoms with Crippen molar-refractivity contribution in [3.05, 3.63) is 82.6 Å². The van der Waals surface area contributed by atoms with E-state index in [4.69, 9.17) is 4.42 Å². The van der Waals surface area contributed by atoms with Crippen LogP contribution in [0.15, 0.2) is 64.6 Å². The lowest BCUT2D eigenvalue weighted by molar-refractivity contribution is -0.122. The van der Waals surface area contributed by atoms with Gasteiger partial charge in [-0.15, -0.1) is 0 Å². The fraction of sp³-hybridized carbons (Fsp3) is 0.0833. The minimum atomic E-state index is -1.06. The number of nitrogens with one attached hydrogen (secondary N) is 1. The highest BCUT2D eigenvalue weighted by molar-refractivity contribution is 6.39. The molecule has 0 bridgehead atoms. The number of amides is 4. The quantitative estimate of drug-likeness (QED) is 0.479. The maximum atomic E-state index is 13.0. The van der Waals surface area contributed by atoms with Gasteiger partial charge in [-0.05, 0) is 61.9 Å². The number of anilines is 1. The maximum Gasteiger partial charge on any atom is 0.335 e. The summed E-state index contributed by atoms with van der Waals surface area (Å²) in [4.78, 5) is 49.7. The highest BCUT2D eigenvalue weighted by Crippen LogP contribution is 2.29. The Morgan fingerprint density at radius 3 is 2.41 bits per heavy atom. The fourth-order valence-electron chi connectivity index (χ4n) is 3.32. The van der Waals surface area contributed by atoms with E-state index in [0.717, 1.165) is 16.0 Å². The Balaban J connectivity index is 1.69. The lowest BCUT2D eigenvalue weighted by Crippen LogP contribution is -2.54. The van der Waals surface area contributed by atoms with Crippen LogP contribution in [0.5, 0.6) is 0 Å². The SMILES string of the molecule is Cc1ccc(N2C(=O)NC(=O)/C(=C\c3ccc(-c4cc(C(=O)O)ccc4C)o3)C2=O)cc1. The van der Waals surface area contributed by atoms with Crippen LogP contribution >= 0.6 is 0 Å². The average molecular weight is 430 g/mol. The molecule has 1 aromatic heterocycles. The first kappa shape index (κ1) is 20.8. The Bertz CT molecular complexity index is 1300. The van der Waals surface area contributed by atoms with Gasteiger partial charge in [-0.1, -0.05) is 23.8 Å². The molecule has 0 unspecified atom stereocenters. The molecule has 8 nitrogen and oxygen atoms in total. The number of hydrogen-bond donors (Lipinski definition) is 2. The maximum absolute atomic E-state index is 13.0. The van der Waals surface area contributed by atoms with E-state index in [-0.39, 0.29) is 16.9 Å². The molecular formula is C24H18N2O6. The molecule has 1 fully saturated rings. The van der Waals surface area contributed by atoms with Crippen LogP contribution < -0.4 is 10.2 Å². The summed E-state index contributed by atoms with van der Waals surface area (Å²) in [6.45, 7) is 3.68. The van der Waals surface area contributed by atoms with Crippen molar-refractivity contribution in [2.75, 3.05) is 4.90 Å². The van der Waals surface area contributed by atoms with Crippen molar-refractivity contribution in [3.8, 4) is 11.3 Å². The van der Waals surface area contributed by atoms with Crippen LogP contribution in [0.1, 0.15) is 27.2 Å². The van der Waals surface area contributed by atoms with Gasteiger partial charge in [0.1, 0.15) is 17.1 Å². The van der Waals surface area contributed by atoms with Crippen LogP contribution in [0.4, 0.5) is 10.5 Å². The van der Waals surface area contributed by atoms with Crippen LogP contribution in [0.2, 0.25) is 0 Å². The number of urea groups is 1. The number of imide groups is 2. The van der Waals surface area contributed by atoms with Crippen LogP contribution in [-0.2, 0) is 9.59 Å². The van der Waals surface area contributed by atoms with Crippen LogP contribution in [0, 0.1) is 13.8 Å². The van der Waals surface area contributed by atoms with E-state index in [1.165, 1.54) is 18.2 Å². The van der Waals surface area contributed by atoms with Crippen molar-refractivity contribution in [1.82, 2.24) is 5.32 Å². The first-order chi connectivity index (χ1) is 15.2. The predicted molar refractivity (Wildman–Crippen MR) is 116 cm³/mol. The van der Waals surface area contributed by atoms with Gasteiger partial charge in [0.2, 0.25) is 0 Å². The summed E-state index contributed by atoms with van der Waals surface area (Å²) in [6.07, 6.45) is 1.26. The highest BCUT2D eigenvalue weighted by atomic mass is 16.4. The molecule has 1 aliphatic rings. The van der Waals surface area contributed by atoms with Gasteiger partial charge in [-0.3, -0.25) is 14.9 Å². The Labute approximate surface area is 182 Å². The summed E-state index contributed by atoms with van der Waals surface area (Å²) in [5.41, 5.74) is 2.50. The van der Waals surface area contributed by atoms with Gasteiger partial charge < -0.3 is 9.52 Å². The Hall–Kier alpha value is -4.46. The molecule has 2 heterocycles. The third kappa shape index (κ3) is 3.81. The van der Waals surface area contributed by atoms with E-state index in [0.29, 0.717) is 17.0 Å². The standard InChI is InChI=1S/C24H18N2O6/c1-13-3-7-16(8-4-13)26-22(28)19(21(27)25-24(26)31)12-17-9-10-20(32-17)18-11-15(23(29)30)6-5-14(18)2/h3-12H,1-2H3,(H,29,30)(H,25,27,31)/b19-12+. The van der Waals surface area contributed by atoms with Gasteiger partial charge in [-0.2, -0.15) is 0 Å². The van der Waals surface area contributed by atoms with Gasteiger partial charge in [0, 0.05) is 5.56 Å². The van der Waals surface area contributed by atoms with Gasteiger partial charge >= 0.3 is 12.0 Å². The normalized spacial score (nSPS) is 15.2. The van der Waals surface area contributed by atoms with E-state index in [2.05, 4.69) is 5.32 Å². The number of carbonyl (C=O) groups excluding carboxylic acids is 3. The molecule has 1 saturated heterocycles. The van der Waals surface area contributed by atoms with Crippen molar-refractivity contribution in [1.29, 1.82) is 0 Å². The number of furan rings is 1. The largest absolute Gasteiger partial charge is 0.478 e. The molecule has 0 spiro atoms. The zero-order valence-electron chi connectivity index (χ0n) is 17.2. The number of nitrogens with zero attached hydrogens (tertiary/aromatic N) is 1. The number of carboxylic acids is 1. The summed E-state index contributed by atoms with van der Waals surface area (Å²) in [6, 6.07) is 13.7. The van der Waals surface area contributed by atoms with Crippen LogP contribution in [0.25, 0.3) is 17.4 Å². The Kier molecular flexibility index (Phi) is 5.19. The number of benzene rings is 2. The second kappa shape index (κ2) is 7.99. The summed E-state index contributed by atoms with van der Waals surface area (Å²) >= 11 is 0. The number of barbiturate groups is 1. The predicted octanol–water partition coefficient (Wildman–Crippen LogP) is 3.93. The molecule has 4 rings (SSSR count). The molecule has 0 radical (unpaired) electrons. The summed E-state index contributed by atoms with van der Waals surface area (Å²) in [5, 5.41) is 11.4. The summed E-state index contributed by atoms with van der Waals surface area (Å²) < 4.78 is 5.76. The first-order valence-electron chi connectivity index (χ1n) is 9.67. The van der Waals surface area contributed by atoms with Crippen molar-refractivity contribution >= 4 is 35.6 Å². The molecular weight excluding hydrogens is 412 g/mol. The topological polar surface area (TPSA) is 117 Å². The molecule has 8 heteroatoms. The van der Waals surface area contributed by atoms with E-state index >= 15 is 0 Å². The minimum absolute atomic E-state index is 0.107. The lowest BCUT2D eigenvalue weighted by Gasteiger charge is -2.26. The zero-order chi connectivity index (χ0) is 23.0. The van der Waals surface area contributed by atoms with E-state index in [9.17, 15) is 24.3 Å². The van der Waals surface area contributed by atoms with Gasteiger partial charge in [0.05, 0.1) is 11.3 Å². The number of carbonyl (C=O) groups is 4. The molecule has 3 aromatic rings. The van der Waals surface area contributed by atoms with Gasteiger partial charge in [0.25, 0.3) is 11.8 Å². The Morgan fingerprint density at radius 2 is 1.72 bits per heavy atom. The van der Waals surface area contributed by atoms with Crippen molar-refractivity contribution < 1.29 is 28.7 Å². The molecule has 4 amide bonds. The molecule has 2 aromatic carbocycles. The first-order valence-corrected chi connectivity index (χ1v) is 9.67. The zero-order valence-corrected chi connectivity index (χ0v) is 17.2. The highest BCUT2D eigenvalue weighted by Gasteiger charge is 2.37. The third-order valence-corrected chi connectivity index (χ3v) is 5.06. The molecule has 32 heavy (non-hydrogen) atoms. The lowest BCUT2D eigenvalue weighted by atomic mass is 10.0. The smallest absolute Gasteiger partial charge is 0.335 e. The summed E-state index contributed by atoms with van der Waals surface area (Å²) in [5.74, 6) is -2.08. The average Bonchev–Trinajstić information content (AvgIpc) is 3.21. The molecule has 0 saturated carbocycles. The van der Waals surface area contributed by atoms with Crippen LogP contribution in [0.3, 0.4) is 0 Å². The molecule has 1 aliphatic heterocycles. The minimum Gasteiger partial charge on any atom is -0.478 e. The molecule has 0 aliphatic carbocycles. The van der Waals surface area contributed by atoms with Crippen molar-refractivity contribution in [3.63, 3.8) is 0 Å². The second-order valence-corrected chi connectivity index (χ2v) is 7.33. The third-order valence-electron chi connectivity index (χ3n) is 5.06. The van der Waals surface area contributed by atoms with E-state index in [1.54, 1.807) is 42.5 Å². The number of carboxylic acid groups (broad SMARTS) is 1. The van der Waals surface area contributed by atoms with Crippen molar-refractivity contribution in [2.24, 2.45) is 0 Å². The van der Waals surface area contributed by atoms with Crippen molar-refractivity contribution in [2.45, 2.75) is 13.8 Å².